The predicted octanol–water partition coefficient (Wildman–Crippen LogP) is 2.41. The molecule has 0 bridgehead atoms. The Morgan fingerprint density at radius 3 is 2.12 bits per heavy atom. The fourth-order valence-electron chi connectivity index (χ4n) is 1.07. The molecule has 0 aliphatic carbocycles. The number of rotatable bonds is 3. The Bertz CT molecular complexity index is 441. The van der Waals surface area contributed by atoms with Gasteiger partial charge in [0.15, 0.2) is 0 Å². The van der Waals surface area contributed by atoms with E-state index in [-0.39, 0.29) is 0 Å². The summed E-state index contributed by atoms with van der Waals surface area (Å²) in [6.45, 7) is 7.44. The van der Waals surface area contributed by atoms with Crippen LogP contribution in [0, 0.1) is 0 Å². The van der Waals surface area contributed by atoms with Gasteiger partial charge >= 0.3 is 10.4 Å². The van der Waals surface area contributed by atoms with Crippen molar-refractivity contribution in [2.24, 2.45) is 0 Å². The molecule has 0 unspecified atom stereocenters. The van der Waals surface area contributed by atoms with E-state index in [0.29, 0.717) is 0 Å². The summed E-state index contributed by atoms with van der Waals surface area (Å²) in [5.74, 6) is 0. The van der Waals surface area contributed by atoms with Crippen LogP contribution in [0.15, 0.2) is 43.5 Å². The molecule has 2 N–H and O–H groups in total. The highest BCUT2D eigenvalue weighted by Gasteiger charge is 1.93. The maximum atomic E-state index is 8.74. The fraction of sp³-hybridized carbons (Fsp3) is 0.0909. The van der Waals surface area contributed by atoms with Crippen LogP contribution in [0.25, 0.3) is 6.08 Å². The Labute approximate surface area is 95.5 Å². The average Bonchev–Trinajstić information content (AvgIpc) is 2.16. The standard InChI is InChI=1S/C11H12.H2O4S/c1-3-7-11-9-6-5-8-10(11)4-2;1-5(2,3)4/h3-6,8-9H,1-2,7H2;(H2,1,2,3,4). The first-order valence-corrected chi connectivity index (χ1v) is 5.79. The first-order valence-electron chi connectivity index (χ1n) is 4.39. The second-order valence-electron chi connectivity index (χ2n) is 2.84. The smallest absolute Gasteiger partial charge is 0.264 e. The molecular formula is C11H14O4S. The molecule has 0 aromatic heterocycles. The third-order valence-electron chi connectivity index (χ3n) is 1.64. The SMILES string of the molecule is C=CCc1ccccc1C=C.O=S(=O)(O)O. The second-order valence-corrected chi connectivity index (χ2v) is 3.74. The molecule has 0 aliphatic heterocycles. The zero-order chi connectivity index (χ0) is 12.6. The van der Waals surface area contributed by atoms with Gasteiger partial charge in [0.25, 0.3) is 0 Å². The Kier molecular flexibility index (Phi) is 6.32. The van der Waals surface area contributed by atoms with Crippen LogP contribution < -0.4 is 0 Å². The maximum absolute atomic E-state index is 8.74. The summed E-state index contributed by atoms with van der Waals surface area (Å²) in [6, 6.07) is 8.21. The number of hydrogen-bond acceptors (Lipinski definition) is 2. The van der Waals surface area contributed by atoms with E-state index in [1.165, 1.54) is 11.1 Å². The van der Waals surface area contributed by atoms with Crippen molar-refractivity contribution in [1.82, 2.24) is 0 Å². The van der Waals surface area contributed by atoms with Gasteiger partial charge in [0.1, 0.15) is 0 Å². The topological polar surface area (TPSA) is 74.6 Å². The van der Waals surface area contributed by atoms with Crippen LogP contribution in [0.5, 0.6) is 0 Å². The molecule has 0 heterocycles. The first-order chi connectivity index (χ1) is 7.38. The summed E-state index contributed by atoms with van der Waals surface area (Å²) in [4.78, 5) is 0. The molecule has 1 aromatic carbocycles. The van der Waals surface area contributed by atoms with E-state index in [1.807, 2.05) is 24.3 Å². The Hall–Kier alpha value is -1.43. The van der Waals surface area contributed by atoms with E-state index >= 15 is 0 Å². The van der Waals surface area contributed by atoms with Crippen LogP contribution in [0.4, 0.5) is 0 Å². The zero-order valence-electron chi connectivity index (χ0n) is 8.70. The average molecular weight is 242 g/mol. The molecule has 16 heavy (non-hydrogen) atoms. The summed E-state index contributed by atoms with van der Waals surface area (Å²) >= 11 is 0. The lowest BCUT2D eigenvalue weighted by atomic mass is 10.1. The fourth-order valence-corrected chi connectivity index (χ4v) is 1.07. The van der Waals surface area contributed by atoms with E-state index < -0.39 is 10.4 Å². The van der Waals surface area contributed by atoms with Crippen LogP contribution >= 0.6 is 0 Å². The Morgan fingerprint density at radius 1 is 1.19 bits per heavy atom. The second kappa shape index (κ2) is 6.95. The van der Waals surface area contributed by atoms with Gasteiger partial charge in [0.05, 0.1) is 0 Å². The third-order valence-corrected chi connectivity index (χ3v) is 1.64. The lowest BCUT2D eigenvalue weighted by Gasteiger charge is -2.00. The zero-order valence-corrected chi connectivity index (χ0v) is 9.52. The van der Waals surface area contributed by atoms with E-state index in [2.05, 4.69) is 25.3 Å². The van der Waals surface area contributed by atoms with Crippen molar-refractivity contribution in [1.29, 1.82) is 0 Å². The van der Waals surface area contributed by atoms with Gasteiger partial charge in [-0.15, -0.1) is 6.58 Å². The molecule has 0 radical (unpaired) electrons. The molecule has 88 valence electrons. The van der Waals surface area contributed by atoms with Crippen molar-refractivity contribution < 1.29 is 17.5 Å². The summed E-state index contributed by atoms with van der Waals surface area (Å²) in [6.07, 6.45) is 4.70. The first kappa shape index (κ1) is 14.6. The molecule has 0 fully saturated rings. The highest BCUT2D eigenvalue weighted by molar-refractivity contribution is 7.79. The third kappa shape index (κ3) is 7.93. The molecule has 0 saturated carbocycles. The van der Waals surface area contributed by atoms with E-state index in [1.54, 1.807) is 0 Å². The van der Waals surface area contributed by atoms with Crippen molar-refractivity contribution in [2.45, 2.75) is 6.42 Å². The predicted molar refractivity (Wildman–Crippen MR) is 64.6 cm³/mol. The van der Waals surface area contributed by atoms with Gasteiger partial charge in [-0.3, -0.25) is 9.11 Å². The van der Waals surface area contributed by atoms with E-state index in [9.17, 15) is 0 Å². The van der Waals surface area contributed by atoms with Crippen LogP contribution in [-0.4, -0.2) is 17.5 Å². The normalized spacial score (nSPS) is 9.88. The lowest BCUT2D eigenvalue weighted by Crippen LogP contribution is -1.89. The molecular weight excluding hydrogens is 228 g/mol. The van der Waals surface area contributed by atoms with E-state index in [0.717, 1.165) is 6.42 Å². The number of hydrogen-bond donors (Lipinski definition) is 2. The molecule has 5 heteroatoms. The summed E-state index contributed by atoms with van der Waals surface area (Å²) in [7, 11) is -4.67. The molecule has 1 rings (SSSR count). The quantitative estimate of drug-likeness (QED) is 0.630. The Morgan fingerprint density at radius 2 is 1.69 bits per heavy atom. The number of allylic oxidation sites excluding steroid dienone is 1. The minimum absolute atomic E-state index is 0.919. The minimum atomic E-state index is -4.67. The van der Waals surface area contributed by atoms with Gasteiger partial charge in [-0.2, -0.15) is 8.42 Å². The molecule has 0 amide bonds. The molecule has 0 spiro atoms. The van der Waals surface area contributed by atoms with Crippen molar-refractivity contribution in [3.63, 3.8) is 0 Å². The summed E-state index contributed by atoms with van der Waals surface area (Å²) in [5, 5.41) is 0. The van der Waals surface area contributed by atoms with Gasteiger partial charge in [0, 0.05) is 0 Å². The molecule has 0 saturated heterocycles. The highest BCUT2D eigenvalue weighted by atomic mass is 32.3. The van der Waals surface area contributed by atoms with Crippen molar-refractivity contribution in [3.8, 4) is 0 Å². The lowest BCUT2D eigenvalue weighted by molar-refractivity contribution is 0.381. The largest absolute Gasteiger partial charge is 0.394 e. The highest BCUT2D eigenvalue weighted by Crippen LogP contribution is 2.10. The molecule has 0 atom stereocenters. The van der Waals surface area contributed by atoms with E-state index in [4.69, 9.17) is 17.5 Å². The van der Waals surface area contributed by atoms with Gasteiger partial charge in [-0.05, 0) is 17.5 Å². The van der Waals surface area contributed by atoms with Gasteiger partial charge < -0.3 is 0 Å². The Balaban J connectivity index is 0.000000385. The molecule has 1 aromatic rings. The molecule has 4 nitrogen and oxygen atoms in total. The van der Waals surface area contributed by atoms with Gasteiger partial charge in [0.2, 0.25) is 0 Å². The van der Waals surface area contributed by atoms with Crippen LogP contribution in [0.3, 0.4) is 0 Å². The summed E-state index contributed by atoms with van der Waals surface area (Å²) in [5.41, 5.74) is 2.49. The maximum Gasteiger partial charge on any atom is 0.394 e. The van der Waals surface area contributed by atoms with Gasteiger partial charge in [-0.25, -0.2) is 0 Å². The van der Waals surface area contributed by atoms with Crippen molar-refractivity contribution in [2.75, 3.05) is 0 Å². The van der Waals surface area contributed by atoms with Crippen LogP contribution in [0.1, 0.15) is 11.1 Å². The minimum Gasteiger partial charge on any atom is -0.264 e. The van der Waals surface area contributed by atoms with Crippen molar-refractivity contribution in [3.05, 3.63) is 54.6 Å². The van der Waals surface area contributed by atoms with Crippen LogP contribution in [-0.2, 0) is 16.8 Å². The van der Waals surface area contributed by atoms with Gasteiger partial charge in [-0.1, -0.05) is 43.0 Å². The number of benzene rings is 1. The summed E-state index contributed by atoms with van der Waals surface area (Å²) < 4.78 is 31.6. The monoisotopic (exact) mass is 242 g/mol. The van der Waals surface area contributed by atoms with Crippen LogP contribution in [0.2, 0.25) is 0 Å². The molecule has 0 aliphatic rings. The van der Waals surface area contributed by atoms with Crippen molar-refractivity contribution >= 4 is 16.5 Å².